The van der Waals surface area contributed by atoms with Crippen molar-refractivity contribution >= 4 is 68.1 Å². The number of rotatable bonds is 6. The molecule has 36 heavy (non-hydrogen) atoms. The lowest BCUT2D eigenvalue weighted by atomic mass is 10.1. The van der Waals surface area contributed by atoms with Crippen LogP contribution in [-0.2, 0) is 4.79 Å². The zero-order chi connectivity index (χ0) is 25.6. The molecular weight excluding hydrogens is 500 g/mol. The van der Waals surface area contributed by atoms with Crippen LogP contribution in [0.5, 0.6) is 0 Å². The second-order valence-corrected chi connectivity index (χ2v) is 10.4. The first-order chi connectivity index (χ1) is 17.2. The van der Waals surface area contributed by atoms with Crippen molar-refractivity contribution in [3.8, 4) is 0 Å². The Balaban J connectivity index is 1.33. The van der Waals surface area contributed by atoms with Gasteiger partial charge in [-0.25, -0.2) is 9.88 Å². The van der Waals surface area contributed by atoms with Crippen LogP contribution in [0.3, 0.4) is 0 Å². The summed E-state index contributed by atoms with van der Waals surface area (Å²) in [7, 11) is 0. The van der Waals surface area contributed by atoms with Crippen molar-refractivity contribution in [3.05, 3.63) is 87.0 Å². The molecule has 0 fully saturated rings. The Hall–Kier alpha value is -4.09. The van der Waals surface area contributed by atoms with Crippen molar-refractivity contribution in [2.24, 2.45) is 0 Å². The number of para-hydroxylation sites is 1. The van der Waals surface area contributed by atoms with Crippen LogP contribution >= 0.6 is 23.1 Å². The van der Waals surface area contributed by atoms with E-state index < -0.39 is 16.7 Å². The Morgan fingerprint density at radius 1 is 1.06 bits per heavy atom. The molecule has 1 aliphatic heterocycles. The first-order valence-corrected chi connectivity index (χ1v) is 12.6. The molecule has 11 heteroatoms. The summed E-state index contributed by atoms with van der Waals surface area (Å²) in [6.45, 7) is 3.88. The number of thioether (sulfide) groups is 1. The molecule has 3 amide bonds. The Morgan fingerprint density at radius 2 is 1.78 bits per heavy atom. The third kappa shape index (κ3) is 4.23. The van der Waals surface area contributed by atoms with Gasteiger partial charge in [-0.3, -0.25) is 24.5 Å². The van der Waals surface area contributed by atoms with Gasteiger partial charge in [-0.2, -0.15) is 0 Å². The van der Waals surface area contributed by atoms with E-state index >= 15 is 0 Å². The predicted molar refractivity (Wildman–Crippen MR) is 139 cm³/mol. The molecule has 5 rings (SSSR count). The number of benzene rings is 3. The number of nitro groups is 1. The first kappa shape index (κ1) is 23.6. The number of amides is 3. The van der Waals surface area contributed by atoms with Gasteiger partial charge >= 0.3 is 0 Å². The van der Waals surface area contributed by atoms with E-state index in [4.69, 9.17) is 0 Å². The van der Waals surface area contributed by atoms with Gasteiger partial charge in [0.05, 0.1) is 37.7 Å². The quantitative estimate of drug-likeness (QED) is 0.158. The summed E-state index contributed by atoms with van der Waals surface area (Å²) in [5.74, 6) is -1.11. The normalized spacial score (nSPS) is 12.8. The number of non-ortho nitro benzene ring substituents is 1. The lowest BCUT2D eigenvalue weighted by Crippen LogP contribution is -2.29. The van der Waals surface area contributed by atoms with Crippen LogP contribution in [0.25, 0.3) is 10.2 Å². The monoisotopic (exact) mass is 518 g/mol. The highest BCUT2D eigenvalue weighted by atomic mass is 32.2. The van der Waals surface area contributed by atoms with Crippen molar-refractivity contribution in [1.29, 1.82) is 0 Å². The topological polar surface area (TPSA) is 123 Å². The summed E-state index contributed by atoms with van der Waals surface area (Å²) < 4.78 is 1.42. The second kappa shape index (κ2) is 9.17. The Kier molecular flexibility index (Phi) is 6.02. The Labute approximate surface area is 213 Å². The van der Waals surface area contributed by atoms with Crippen LogP contribution in [0.4, 0.5) is 17.1 Å². The average molecular weight is 519 g/mol. The zero-order valence-electron chi connectivity index (χ0n) is 19.1. The summed E-state index contributed by atoms with van der Waals surface area (Å²) in [5, 5.41) is 14.0. The molecule has 1 aromatic heterocycles. The van der Waals surface area contributed by atoms with Crippen molar-refractivity contribution in [2.75, 3.05) is 16.0 Å². The van der Waals surface area contributed by atoms with Gasteiger partial charge in [0, 0.05) is 17.8 Å². The maximum atomic E-state index is 12.9. The standard InChI is InChI=1S/C25H18N4O5S2/c1-13-4-3-5-14(2)22(13)27-21(30)12-35-25-26-19-9-7-15(11-20(19)36-25)28-23(31)17-8-6-16(29(33)34)10-18(17)24(28)32/h3-11H,12H2,1-2H3,(H,27,30). The highest BCUT2D eigenvalue weighted by molar-refractivity contribution is 8.01. The third-order valence-corrected chi connectivity index (χ3v) is 7.92. The van der Waals surface area contributed by atoms with E-state index in [-0.39, 0.29) is 28.5 Å². The molecule has 4 aromatic rings. The molecule has 3 aromatic carbocycles. The molecule has 2 heterocycles. The average Bonchev–Trinajstić information content (AvgIpc) is 3.37. The van der Waals surface area contributed by atoms with E-state index in [0.717, 1.165) is 32.5 Å². The number of aryl methyl sites for hydroxylation is 2. The van der Waals surface area contributed by atoms with Gasteiger partial charge in [-0.1, -0.05) is 30.0 Å². The number of imide groups is 1. The van der Waals surface area contributed by atoms with E-state index in [9.17, 15) is 24.5 Å². The zero-order valence-corrected chi connectivity index (χ0v) is 20.7. The van der Waals surface area contributed by atoms with Crippen LogP contribution in [0.15, 0.2) is 58.9 Å². The lowest BCUT2D eigenvalue weighted by molar-refractivity contribution is -0.384. The molecule has 0 unspecified atom stereocenters. The van der Waals surface area contributed by atoms with Gasteiger partial charge in [0.1, 0.15) is 0 Å². The van der Waals surface area contributed by atoms with Gasteiger partial charge in [-0.15, -0.1) is 11.3 Å². The van der Waals surface area contributed by atoms with Gasteiger partial charge < -0.3 is 5.32 Å². The minimum Gasteiger partial charge on any atom is -0.325 e. The number of carbonyl (C=O) groups is 3. The van der Waals surface area contributed by atoms with Crippen molar-refractivity contribution in [2.45, 2.75) is 18.2 Å². The molecular formula is C25H18N4O5S2. The lowest BCUT2D eigenvalue weighted by Gasteiger charge is -2.13. The molecule has 0 radical (unpaired) electrons. The fourth-order valence-electron chi connectivity index (χ4n) is 3.98. The summed E-state index contributed by atoms with van der Waals surface area (Å²) in [6, 6.07) is 14.5. The molecule has 180 valence electrons. The largest absolute Gasteiger partial charge is 0.325 e. The number of nitrogens with zero attached hydrogens (tertiary/aromatic N) is 3. The summed E-state index contributed by atoms with van der Waals surface area (Å²) in [4.78, 5) is 54.3. The third-order valence-electron chi connectivity index (χ3n) is 5.76. The van der Waals surface area contributed by atoms with Crippen molar-refractivity contribution in [1.82, 2.24) is 4.98 Å². The summed E-state index contributed by atoms with van der Waals surface area (Å²) in [6.07, 6.45) is 0. The molecule has 0 saturated carbocycles. The molecule has 0 spiro atoms. The minimum absolute atomic E-state index is 0.00440. The fourth-order valence-corrected chi connectivity index (χ4v) is 5.89. The number of hydrogen-bond donors (Lipinski definition) is 1. The maximum absolute atomic E-state index is 12.9. The number of hydrogen-bond acceptors (Lipinski definition) is 8. The molecule has 0 bridgehead atoms. The number of nitrogens with one attached hydrogen (secondary N) is 1. The molecule has 0 saturated heterocycles. The number of aromatic nitrogens is 1. The number of carbonyl (C=O) groups excluding carboxylic acids is 3. The van der Waals surface area contributed by atoms with Crippen LogP contribution in [0, 0.1) is 24.0 Å². The van der Waals surface area contributed by atoms with E-state index in [2.05, 4.69) is 10.3 Å². The van der Waals surface area contributed by atoms with Gasteiger partial charge in [0.2, 0.25) is 5.91 Å². The summed E-state index contributed by atoms with van der Waals surface area (Å²) >= 11 is 2.65. The van der Waals surface area contributed by atoms with Gasteiger partial charge in [0.25, 0.3) is 17.5 Å². The van der Waals surface area contributed by atoms with Crippen LogP contribution in [0.2, 0.25) is 0 Å². The predicted octanol–water partition coefficient (Wildman–Crippen LogP) is 5.35. The van der Waals surface area contributed by atoms with Crippen molar-refractivity contribution in [3.63, 3.8) is 0 Å². The van der Waals surface area contributed by atoms with Crippen LogP contribution < -0.4 is 10.2 Å². The fraction of sp³-hybridized carbons (Fsp3) is 0.120. The number of nitro benzene ring substituents is 1. The Morgan fingerprint density at radius 3 is 2.50 bits per heavy atom. The highest BCUT2D eigenvalue weighted by Gasteiger charge is 2.38. The molecule has 0 aliphatic carbocycles. The van der Waals surface area contributed by atoms with Gasteiger partial charge in [-0.05, 0) is 49.2 Å². The molecule has 1 aliphatic rings. The SMILES string of the molecule is Cc1cccc(C)c1NC(=O)CSc1nc2ccc(N3C(=O)c4ccc([N+](=O)[O-])cc4C3=O)cc2s1. The molecule has 1 N–H and O–H groups in total. The molecule has 0 atom stereocenters. The Bertz CT molecular complexity index is 1580. The van der Waals surface area contributed by atoms with E-state index in [0.29, 0.717) is 15.5 Å². The highest BCUT2D eigenvalue weighted by Crippen LogP contribution is 2.35. The molecule has 9 nitrogen and oxygen atoms in total. The van der Waals surface area contributed by atoms with E-state index in [1.807, 2.05) is 32.0 Å². The van der Waals surface area contributed by atoms with Crippen LogP contribution in [-0.4, -0.2) is 33.4 Å². The van der Waals surface area contributed by atoms with Crippen molar-refractivity contribution < 1.29 is 19.3 Å². The van der Waals surface area contributed by atoms with Crippen LogP contribution in [0.1, 0.15) is 31.8 Å². The summed E-state index contributed by atoms with van der Waals surface area (Å²) in [5.41, 5.74) is 3.69. The smallest absolute Gasteiger partial charge is 0.270 e. The second-order valence-electron chi connectivity index (χ2n) is 8.17. The van der Waals surface area contributed by atoms with Gasteiger partial charge in [0.15, 0.2) is 4.34 Å². The number of anilines is 2. The maximum Gasteiger partial charge on any atom is 0.270 e. The number of thiazole rings is 1. The first-order valence-electron chi connectivity index (χ1n) is 10.8. The number of fused-ring (bicyclic) bond motifs is 2. The minimum atomic E-state index is -0.611. The van der Waals surface area contributed by atoms with E-state index in [1.54, 1.807) is 18.2 Å². The van der Waals surface area contributed by atoms with E-state index in [1.165, 1.54) is 35.2 Å².